The van der Waals surface area contributed by atoms with Crippen molar-refractivity contribution >= 4 is 6.29 Å². The van der Waals surface area contributed by atoms with E-state index in [1.807, 2.05) is 19.1 Å². The molecule has 0 aromatic rings. The van der Waals surface area contributed by atoms with Gasteiger partial charge in [-0.05, 0) is 12.5 Å². The first-order valence-electron chi connectivity index (χ1n) is 2.68. The van der Waals surface area contributed by atoms with Crippen LogP contribution in [-0.2, 0) is 4.79 Å². The van der Waals surface area contributed by atoms with Crippen molar-refractivity contribution < 1.29 is 4.79 Å². The molecule has 0 N–H and O–H groups in total. The van der Waals surface area contributed by atoms with Gasteiger partial charge in [0.15, 0.2) is 0 Å². The summed E-state index contributed by atoms with van der Waals surface area (Å²) in [6.07, 6.45) is 8.81. The van der Waals surface area contributed by atoms with Crippen LogP contribution in [0.25, 0.3) is 0 Å². The van der Waals surface area contributed by atoms with Gasteiger partial charge in [0.05, 0.1) is 0 Å². The van der Waals surface area contributed by atoms with Crippen molar-refractivity contribution in [3.63, 3.8) is 0 Å². The standard InChI is InChI=1S/C7H10O/c1-2-3-4-5-6-7-8/h3-7H,2H2,1H3/b4-3-,6-5+. The number of hydrogen-bond donors (Lipinski definition) is 0. The summed E-state index contributed by atoms with van der Waals surface area (Å²) in [7, 11) is 0. The molecule has 0 atom stereocenters. The molecule has 0 unspecified atom stereocenters. The molecule has 8 heavy (non-hydrogen) atoms. The third-order valence-electron chi connectivity index (χ3n) is 0.673. The highest BCUT2D eigenvalue weighted by Gasteiger charge is 1.61. The van der Waals surface area contributed by atoms with E-state index in [-0.39, 0.29) is 0 Å². The molecule has 0 radical (unpaired) electrons. The zero-order valence-electron chi connectivity index (χ0n) is 5.00. The molecule has 0 aliphatic rings. The van der Waals surface area contributed by atoms with Gasteiger partial charge in [-0.25, -0.2) is 0 Å². The molecule has 0 heterocycles. The molecular formula is C7H10O. The Hall–Kier alpha value is -0.850. The van der Waals surface area contributed by atoms with Gasteiger partial charge < -0.3 is 0 Å². The van der Waals surface area contributed by atoms with Crippen LogP contribution in [-0.4, -0.2) is 6.29 Å². The summed E-state index contributed by atoms with van der Waals surface area (Å²) < 4.78 is 0. The summed E-state index contributed by atoms with van der Waals surface area (Å²) in [6, 6.07) is 0. The van der Waals surface area contributed by atoms with E-state index in [1.165, 1.54) is 6.08 Å². The molecule has 0 spiro atoms. The minimum atomic E-state index is 0.764. The van der Waals surface area contributed by atoms with Gasteiger partial charge in [-0.3, -0.25) is 4.79 Å². The Balaban J connectivity index is 3.26. The number of hydrogen-bond acceptors (Lipinski definition) is 1. The van der Waals surface area contributed by atoms with Crippen molar-refractivity contribution in [3.8, 4) is 0 Å². The average molecular weight is 110 g/mol. The van der Waals surface area contributed by atoms with Crippen LogP contribution in [0.2, 0.25) is 0 Å². The second-order valence-electron chi connectivity index (χ2n) is 1.36. The second kappa shape index (κ2) is 6.15. The van der Waals surface area contributed by atoms with Crippen LogP contribution in [0.3, 0.4) is 0 Å². The van der Waals surface area contributed by atoms with E-state index in [4.69, 9.17) is 0 Å². The van der Waals surface area contributed by atoms with Crippen molar-refractivity contribution in [2.24, 2.45) is 0 Å². The summed E-state index contributed by atoms with van der Waals surface area (Å²) >= 11 is 0. The SMILES string of the molecule is CC/C=C\C=C\C=O. The van der Waals surface area contributed by atoms with Crippen LogP contribution in [0, 0.1) is 0 Å². The highest BCUT2D eigenvalue weighted by atomic mass is 16.1. The zero-order valence-corrected chi connectivity index (χ0v) is 5.00. The predicted octanol–water partition coefficient (Wildman–Crippen LogP) is 1.71. The van der Waals surface area contributed by atoms with Gasteiger partial charge in [-0.15, -0.1) is 0 Å². The van der Waals surface area contributed by atoms with Gasteiger partial charge in [0, 0.05) is 0 Å². The second-order valence-corrected chi connectivity index (χ2v) is 1.36. The van der Waals surface area contributed by atoms with Crippen LogP contribution in [0.5, 0.6) is 0 Å². The molecule has 0 fully saturated rings. The fourth-order valence-electron chi connectivity index (χ4n) is 0.324. The maximum absolute atomic E-state index is 9.65. The lowest BCUT2D eigenvalue weighted by atomic mass is 10.4. The van der Waals surface area contributed by atoms with Gasteiger partial charge in [-0.1, -0.05) is 25.2 Å². The van der Waals surface area contributed by atoms with E-state index in [9.17, 15) is 4.79 Å². The summed E-state index contributed by atoms with van der Waals surface area (Å²) in [5, 5.41) is 0. The number of aldehydes is 1. The first-order chi connectivity index (χ1) is 3.91. The molecule has 0 amide bonds. The lowest BCUT2D eigenvalue weighted by Gasteiger charge is -1.70. The molecule has 0 aliphatic heterocycles. The van der Waals surface area contributed by atoms with Crippen molar-refractivity contribution in [1.82, 2.24) is 0 Å². The van der Waals surface area contributed by atoms with Crippen LogP contribution >= 0.6 is 0 Å². The number of carbonyl (C=O) groups excluding carboxylic acids is 1. The molecule has 1 nitrogen and oxygen atoms in total. The summed E-state index contributed by atoms with van der Waals surface area (Å²) in [4.78, 5) is 9.65. The highest BCUT2D eigenvalue weighted by molar-refractivity contribution is 5.65. The average Bonchev–Trinajstić information content (AvgIpc) is 1.81. The molecule has 0 aromatic carbocycles. The maximum Gasteiger partial charge on any atom is 0.142 e. The fourth-order valence-corrected chi connectivity index (χ4v) is 0.324. The largest absolute Gasteiger partial charge is 0.299 e. The summed E-state index contributed by atoms with van der Waals surface area (Å²) in [5.41, 5.74) is 0. The van der Waals surface area contributed by atoms with Gasteiger partial charge in [-0.2, -0.15) is 0 Å². The Bertz CT molecular complexity index is 101. The van der Waals surface area contributed by atoms with Gasteiger partial charge in [0.25, 0.3) is 0 Å². The maximum atomic E-state index is 9.65. The van der Waals surface area contributed by atoms with Crippen LogP contribution in [0.15, 0.2) is 24.3 Å². The molecule has 0 saturated carbocycles. The number of allylic oxidation sites excluding steroid dienone is 4. The van der Waals surface area contributed by atoms with Crippen molar-refractivity contribution in [2.75, 3.05) is 0 Å². The third-order valence-corrected chi connectivity index (χ3v) is 0.673. The molecule has 1 heteroatoms. The molecule has 0 rings (SSSR count). The third kappa shape index (κ3) is 5.15. The van der Waals surface area contributed by atoms with Crippen LogP contribution < -0.4 is 0 Å². The monoisotopic (exact) mass is 110 g/mol. The quantitative estimate of drug-likeness (QED) is 0.307. The Labute approximate surface area is 49.7 Å². The highest BCUT2D eigenvalue weighted by Crippen LogP contribution is 1.79. The molecule has 44 valence electrons. The van der Waals surface area contributed by atoms with E-state index < -0.39 is 0 Å². The molecular weight excluding hydrogens is 100 g/mol. The van der Waals surface area contributed by atoms with Crippen LogP contribution in [0.4, 0.5) is 0 Å². The smallest absolute Gasteiger partial charge is 0.142 e. The Morgan fingerprint density at radius 3 is 2.50 bits per heavy atom. The van der Waals surface area contributed by atoms with Crippen molar-refractivity contribution in [3.05, 3.63) is 24.3 Å². The number of rotatable bonds is 3. The van der Waals surface area contributed by atoms with E-state index in [2.05, 4.69) is 0 Å². The molecule has 0 saturated heterocycles. The Morgan fingerprint density at radius 2 is 2.00 bits per heavy atom. The zero-order chi connectivity index (χ0) is 6.24. The van der Waals surface area contributed by atoms with E-state index in [0.29, 0.717) is 0 Å². The Morgan fingerprint density at radius 1 is 1.25 bits per heavy atom. The van der Waals surface area contributed by atoms with E-state index in [0.717, 1.165) is 12.7 Å². The lowest BCUT2D eigenvalue weighted by Crippen LogP contribution is -1.56. The first kappa shape index (κ1) is 7.15. The minimum absolute atomic E-state index is 0.764. The first-order valence-corrected chi connectivity index (χ1v) is 2.68. The van der Waals surface area contributed by atoms with E-state index in [1.54, 1.807) is 6.08 Å². The summed E-state index contributed by atoms with van der Waals surface area (Å²) in [6.45, 7) is 2.05. The van der Waals surface area contributed by atoms with Gasteiger partial charge >= 0.3 is 0 Å². The van der Waals surface area contributed by atoms with Crippen LogP contribution in [0.1, 0.15) is 13.3 Å². The fraction of sp³-hybridized carbons (Fsp3) is 0.286. The molecule has 0 aromatic heterocycles. The Kier molecular flexibility index (Phi) is 5.50. The minimum Gasteiger partial charge on any atom is -0.299 e. The topological polar surface area (TPSA) is 17.1 Å². The normalized spacial score (nSPS) is 11.1. The lowest BCUT2D eigenvalue weighted by molar-refractivity contribution is -0.104. The predicted molar refractivity (Wildman–Crippen MR) is 34.6 cm³/mol. The number of carbonyl (C=O) groups is 1. The van der Waals surface area contributed by atoms with Crippen molar-refractivity contribution in [2.45, 2.75) is 13.3 Å². The molecule has 0 aliphatic carbocycles. The molecule has 0 bridgehead atoms. The summed E-state index contributed by atoms with van der Waals surface area (Å²) in [5.74, 6) is 0. The van der Waals surface area contributed by atoms with E-state index >= 15 is 0 Å². The van der Waals surface area contributed by atoms with Gasteiger partial charge in [0.1, 0.15) is 6.29 Å². The van der Waals surface area contributed by atoms with Gasteiger partial charge in [0.2, 0.25) is 0 Å². The van der Waals surface area contributed by atoms with Crippen molar-refractivity contribution in [1.29, 1.82) is 0 Å².